The van der Waals surface area contributed by atoms with Crippen LogP contribution in [0.15, 0.2) is 81.5 Å². The summed E-state index contributed by atoms with van der Waals surface area (Å²) >= 11 is 1.76. The summed E-state index contributed by atoms with van der Waals surface area (Å²) in [6.45, 7) is 2.38. The van der Waals surface area contributed by atoms with E-state index in [0.29, 0.717) is 0 Å². The van der Waals surface area contributed by atoms with Crippen molar-refractivity contribution < 1.29 is 9.47 Å². The largest absolute Gasteiger partial charge is 0.454 e. The van der Waals surface area contributed by atoms with E-state index in [9.17, 15) is 0 Å². The number of benzene rings is 3. The molecule has 0 saturated heterocycles. The van der Waals surface area contributed by atoms with Gasteiger partial charge in [0.25, 0.3) is 0 Å². The number of hydrogen-bond donors (Lipinski definition) is 0. The van der Waals surface area contributed by atoms with E-state index in [0.717, 1.165) is 22.7 Å². The first-order chi connectivity index (χ1) is 12.3. The Labute approximate surface area is 151 Å². The maximum atomic E-state index is 5.37. The fourth-order valence-electron chi connectivity index (χ4n) is 2.48. The minimum absolute atomic E-state index is 0.280. The van der Waals surface area contributed by atoms with Crippen LogP contribution < -0.4 is 9.47 Å². The zero-order valence-electron chi connectivity index (χ0n) is 13.8. The highest BCUT2D eigenvalue weighted by Gasteiger charge is 2.12. The van der Waals surface area contributed by atoms with Crippen LogP contribution in [0.2, 0.25) is 0 Å². The molecule has 0 fully saturated rings. The van der Waals surface area contributed by atoms with Gasteiger partial charge in [-0.25, -0.2) is 0 Å². The highest BCUT2D eigenvalue weighted by molar-refractivity contribution is 7.99. The van der Waals surface area contributed by atoms with Crippen molar-refractivity contribution in [2.45, 2.75) is 16.7 Å². The average Bonchev–Trinajstić information content (AvgIpc) is 3.11. The second kappa shape index (κ2) is 7.03. The predicted molar refractivity (Wildman–Crippen MR) is 102 cm³/mol. The van der Waals surface area contributed by atoms with Crippen LogP contribution in [0.3, 0.4) is 0 Å². The van der Waals surface area contributed by atoms with Crippen LogP contribution in [0.4, 0.5) is 5.69 Å². The molecule has 124 valence electrons. The van der Waals surface area contributed by atoms with Crippen LogP contribution in [0.5, 0.6) is 11.5 Å². The number of rotatable bonds is 4. The Morgan fingerprint density at radius 1 is 0.840 bits per heavy atom. The molecular weight excluding hydrogens is 330 g/mol. The topological polar surface area (TPSA) is 30.8 Å². The van der Waals surface area contributed by atoms with Crippen molar-refractivity contribution in [1.82, 2.24) is 0 Å². The highest BCUT2D eigenvalue weighted by atomic mass is 32.2. The van der Waals surface area contributed by atoms with E-state index < -0.39 is 0 Å². The highest BCUT2D eigenvalue weighted by Crippen LogP contribution is 2.35. The smallest absolute Gasteiger partial charge is 0.231 e. The van der Waals surface area contributed by atoms with E-state index in [2.05, 4.69) is 60.4 Å². The monoisotopic (exact) mass is 347 g/mol. The van der Waals surface area contributed by atoms with Gasteiger partial charge < -0.3 is 9.47 Å². The van der Waals surface area contributed by atoms with E-state index in [1.165, 1.54) is 15.4 Å². The number of aryl methyl sites for hydroxylation is 1. The van der Waals surface area contributed by atoms with Crippen molar-refractivity contribution in [2.24, 2.45) is 4.99 Å². The Hall–Kier alpha value is -2.72. The molecule has 0 bridgehead atoms. The minimum atomic E-state index is 0.280. The molecule has 0 radical (unpaired) electrons. The first-order valence-electron chi connectivity index (χ1n) is 8.05. The molecule has 0 aliphatic carbocycles. The third-order valence-corrected chi connectivity index (χ3v) is 4.87. The van der Waals surface area contributed by atoms with Crippen molar-refractivity contribution in [3.05, 3.63) is 77.9 Å². The van der Waals surface area contributed by atoms with Gasteiger partial charge in [-0.2, -0.15) is 0 Å². The Balaban J connectivity index is 1.44. The summed E-state index contributed by atoms with van der Waals surface area (Å²) in [6, 6.07) is 22.6. The Kier molecular flexibility index (Phi) is 4.44. The maximum Gasteiger partial charge on any atom is 0.231 e. The Morgan fingerprint density at radius 3 is 2.28 bits per heavy atom. The Morgan fingerprint density at radius 2 is 1.52 bits per heavy atom. The summed E-state index contributed by atoms with van der Waals surface area (Å²) in [5.74, 6) is 1.52. The van der Waals surface area contributed by atoms with E-state index in [4.69, 9.17) is 9.47 Å². The second-order valence-electron chi connectivity index (χ2n) is 5.78. The number of hydrogen-bond acceptors (Lipinski definition) is 4. The van der Waals surface area contributed by atoms with Gasteiger partial charge in [0.1, 0.15) is 0 Å². The average molecular weight is 347 g/mol. The summed E-state index contributed by atoms with van der Waals surface area (Å²) in [7, 11) is 0. The molecule has 4 rings (SSSR count). The molecular formula is C21H17NO2S. The quantitative estimate of drug-likeness (QED) is 0.573. The van der Waals surface area contributed by atoms with Crippen molar-refractivity contribution in [3.63, 3.8) is 0 Å². The molecule has 1 aliphatic heterocycles. The molecule has 0 atom stereocenters. The zero-order valence-corrected chi connectivity index (χ0v) is 14.6. The number of ether oxygens (including phenoxy) is 2. The van der Waals surface area contributed by atoms with Crippen LogP contribution in [0.25, 0.3) is 0 Å². The van der Waals surface area contributed by atoms with E-state index >= 15 is 0 Å². The van der Waals surface area contributed by atoms with Crippen LogP contribution in [-0.4, -0.2) is 13.0 Å². The summed E-state index contributed by atoms with van der Waals surface area (Å²) in [6.07, 6.45) is 1.86. The van der Waals surface area contributed by atoms with Gasteiger partial charge in [0.05, 0.1) is 5.69 Å². The Bertz CT molecular complexity index is 902. The van der Waals surface area contributed by atoms with E-state index in [1.54, 1.807) is 11.8 Å². The lowest BCUT2D eigenvalue weighted by Crippen LogP contribution is -1.92. The standard InChI is InChI=1S/C21H17NO2S/c1-15-2-7-18(8-3-15)25-19-9-4-16(5-10-19)13-22-17-6-11-20-21(12-17)24-14-23-20/h2-13H,14H2,1H3. The van der Waals surface area contributed by atoms with Gasteiger partial charge in [-0.3, -0.25) is 4.99 Å². The molecule has 0 spiro atoms. The summed E-state index contributed by atoms with van der Waals surface area (Å²) in [5.41, 5.74) is 3.19. The lowest BCUT2D eigenvalue weighted by molar-refractivity contribution is 0.174. The predicted octanol–water partition coefficient (Wildman–Crippen LogP) is 5.63. The molecule has 0 unspecified atom stereocenters. The molecule has 1 aliphatic rings. The summed E-state index contributed by atoms with van der Waals surface area (Å²) < 4.78 is 10.7. The van der Waals surface area contributed by atoms with Crippen LogP contribution >= 0.6 is 11.8 Å². The molecule has 4 heteroatoms. The first kappa shape index (κ1) is 15.8. The van der Waals surface area contributed by atoms with Crippen molar-refractivity contribution in [2.75, 3.05) is 6.79 Å². The van der Waals surface area contributed by atoms with Crippen molar-refractivity contribution >= 4 is 23.7 Å². The molecule has 0 N–H and O–H groups in total. The van der Waals surface area contributed by atoms with E-state index in [-0.39, 0.29) is 6.79 Å². The molecule has 3 nitrogen and oxygen atoms in total. The normalized spacial score (nSPS) is 12.7. The van der Waals surface area contributed by atoms with Gasteiger partial charge in [0.2, 0.25) is 6.79 Å². The molecule has 3 aromatic carbocycles. The van der Waals surface area contributed by atoms with Gasteiger partial charge in [-0.1, -0.05) is 41.6 Å². The van der Waals surface area contributed by atoms with Crippen LogP contribution in [-0.2, 0) is 0 Å². The van der Waals surface area contributed by atoms with Gasteiger partial charge in [-0.05, 0) is 48.9 Å². The molecule has 0 amide bonds. The molecule has 25 heavy (non-hydrogen) atoms. The van der Waals surface area contributed by atoms with Gasteiger partial charge >= 0.3 is 0 Å². The molecule has 0 aromatic heterocycles. The molecule has 3 aromatic rings. The van der Waals surface area contributed by atoms with E-state index in [1.807, 2.05) is 24.4 Å². The zero-order chi connectivity index (χ0) is 17.1. The third kappa shape index (κ3) is 3.86. The number of fused-ring (bicyclic) bond motifs is 1. The van der Waals surface area contributed by atoms with Crippen LogP contribution in [0.1, 0.15) is 11.1 Å². The number of aliphatic imine (C=N–C) groups is 1. The first-order valence-corrected chi connectivity index (χ1v) is 8.86. The van der Waals surface area contributed by atoms with Crippen molar-refractivity contribution in [1.29, 1.82) is 0 Å². The van der Waals surface area contributed by atoms with Crippen LogP contribution in [0, 0.1) is 6.92 Å². The molecule has 0 saturated carbocycles. The van der Waals surface area contributed by atoms with Crippen molar-refractivity contribution in [3.8, 4) is 11.5 Å². The second-order valence-corrected chi connectivity index (χ2v) is 6.93. The number of nitrogens with zero attached hydrogens (tertiary/aromatic N) is 1. The SMILES string of the molecule is Cc1ccc(Sc2ccc(C=Nc3ccc4c(c3)OCO4)cc2)cc1. The fraction of sp³-hybridized carbons (Fsp3) is 0.0952. The maximum absolute atomic E-state index is 5.37. The molecule has 1 heterocycles. The fourth-order valence-corrected chi connectivity index (χ4v) is 3.30. The van der Waals surface area contributed by atoms with Gasteiger partial charge in [-0.15, -0.1) is 0 Å². The lowest BCUT2D eigenvalue weighted by atomic mass is 10.2. The summed E-state index contributed by atoms with van der Waals surface area (Å²) in [5, 5.41) is 0. The minimum Gasteiger partial charge on any atom is -0.454 e. The summed E-state index contributed by atoms with van der Waals surface area (Å²) in [4.78, 5) is 6.97. The van der Waals surface area contributed by atoms with Gasteiger partial charge in [0, 0.05) is 22.1 Å². The lowest BCUT2D eigenvalue weighted by Gasteiger charge is -2.03. The third-order valence-electron chi connectivity index (χ3n) is 3.86. The van der Waals surface area contributed by atoms with Gasteiger partial charge in [0.15, 0.2) is 11.5 Å².